The molecule has 1 N–H and O–H groups in total. The predicted molar refractivity (Wildman–Crippen MR) is 52.7 cm³/mol. The molecule has 4 fully saturated rings. The van der Waals surface area contributed by atoms with Gasteiger partial charge in [-0.2, -0.15) is 0 Å². The van der Waals surface area contributed by atoms with E-state index in [1.807, 2.05) is 0 Å². The van der Waals surface area contributed by atoms with Gasteiger partial charge in [-0.25, -0.2) is 0 Å². The molecule has 0 aliphatic heterocycles. The number of carbonyl (C=O) groups excluding carboxylic acids is 1. The molecule has 0 spiro atoms. The molecule has 2 nitrogen and oxygen atoms in total. The summed E-state index contributed by atoms with van der Waals surface area (Å²) in [5.74, 6) is 1.42. The Kier molecular flexibility index (Phi) is 1.65. The Bertz CT molecular complexity index is 257. The van der Waals surface area contributed by atoms with Crippen molar-refractivity contribution in [1.29, 1.82) is 0 Å². The first-order chi connectivity index (χ1) is 6.63. The summed E-state index contributed by atoms with van der Waals surface area (Å²) in [7, 11) is 0. The molecule has 0 aromatic rings. The van der Waals surface area contributed by atoms with Crippen molar-refractivity contribution < 1.29 is 9.90 Å². The molecular weight excluding hydrogens is 176 g/mol. The van der Waals surface area contributed by atoms with E-state index in [1.165, 1.54) is 19.3 Å². The third kappa shape index (κ3) is 1.16. The van der Waals surface area contributed by atoms with Gasteiger partial charge >= 0.3 is 0 Å². The maximum absolute atomic E-state index is 10.7. The zero-order valence-corrected chi connectivity index (χ0v) is 8.54. The summed E-state index contributed by atoms with van der Waals surface area (Å²) < 4.78 is 0. The first kappa shape index (κ1) is 8.90. The Morgan fingerprint density at radius 3 is 2.36 bits per heavy atom. The lowest BCUT2D eigenvalue weighted by Gasteiger charge is -2.60. The van der Waals surface area contributed by atoms with Crippen LogP contribution in [0.1, 0.15) is 44.9 Å². The number of rotatable bonds is 2. The van der Waals surface area contributed by atoms with E-state index in [4.69, 9.17) is 0 Å². The van der Waals surface area contributed by atoms with E-state index in [0.29, 0.717) is 18.3 Å². The summed E-state index contributed by atoms with van der Waals surface area (Å²) in [5, 5.41) is 10.4. The second kappa shape index (κ2) is 2.60. The van der Waals surface area contributed by atoms with Crippen molar-refractivity contribution in [3.8, 4) is 0 Å². The van der Waals surface area contributed by atoms with Gasteiger partial charge in [0.25, 0.3) is 0 Å². The molecule has 78 valence electrons. The topological polar surface area (TPSA) is 37.3 Å². The minimum Gasteiger partial charge on any atom is -0.390 e. The molecule has 4 bridgehead atoms. The molecule has 0 aromatic carbocycles. The van der Waals surface area contributed by atoms with Crippen LogP contribution in [-0.4, -0.2) is 17.0 Å². The molecule has 0 amide bonds. The molecular formula is C12H18O2. The van der Waals surface area contributed by atoms with E-state index >= 15 is 0 Å². The van der Waals surface area contributed by atoms with Gasteiger partial charge in [-0.1, -0.05) is 0 Å². The van der Waals surface area contributed by atoms with Crippen LogP contribution in [0.2, 0.25) is 0 Å². The number of aldehydes is 1. The van der Waals surface area contributed by atoms with Crippen LogP contribution in [0.25, 0.3) is 0 Å². The van der Waals surface area contributed by atoms with Crippen LogP contribution in [0.4, 0.5) is 0 Å². The molecule has 14 heavy (non-hydrogen) atoms. The van der Waals surface area contributed by atoms with Crippen LogP contribution in [-0.2, 0) is 4.79 Å². The van der Waals surface area contributed by atoms with Crippen LogP contribution >= 0.6 is 0 Å². The zero-order valence-electron chi connectivity index (χ0n) is 8.54. The molecule has 0 aromatic heterocycles. The molecule has 2 heteroatoms. The van der Waals surface area contributed by atoms with Gasteiger partial charge in [-0.15, -0.1) is 0 Å². The van der Waals surface area contributed by atoms with E-state index in [0.717, 1.165) is 25.5 Å². The predicted octanol–water partition coefficient (Wildman–Crippen LogP) is 1.91. The molecule has 2 atom stereocenters. The normalized spacial score (nSPS) is 54.9. The van der Waals surface area contributed by atoms with Gasteiger partial charge in [0.15, 0.2) is 0 Å². The molecule has 0 heterocycles. The third-order valence-electron chi connectivity index (χ3n) is 4.67. The first-order valence-corrected chi connectivity index (χ1v) is 5.79. The lowest BCUT2D eigenvalue weighted by molar-refractivity contribution is -0.166. The molecule has 4 saturated carbocycles. The summed E-state index contributed by atoms with van der Waals surface area (Å²) in [6.45, 7) is 0. The minimum absolute atomic E-state index is 0.195. The second-order valence-corrected chi connectivity index (χ2v) is 6.06. The average molecular weight is 194 g/mol. The van der Waals surface area contributed by atoms with Crippen molar-refractivity contribution >= 4 is 6.29 Å². The smallest absolute Gasteiger partial charge is 0.120 e. The van der Waals surface area contributed by atoms with Gasteiger partial charge < -0.3 is 9.90 Å². The van der Waals surface area contributed by atoms with Crippen molar-refractivity contribution in [2.75, 3.05) is 0 Å². The Balaban J connectivity index is 1.92. The summed E-state index contributed by atoms with van der Waals surface area (Å²) >= 11 is 0. The van der Waals surface area contributed by atoms with E-state index < -0.39 is 5.60 Å². The van der Waals surface area contributed by atoms with Crippen LogP contribution < -0.4 is 0 Å². The van der Waals surface area contributed by atoms with Crippen molar-refractivity contribution in [2.24, 2.45) is 17.3 Å². The number of carbonyl (C=O) groups is 1. The summed E-state index contributed by atoms with van der Waals surface area (Å²) in [4.78, 5) is 10.7. The molecule has 0 saturated heterocycles. The van der Waals surface area contributed by atoms with Gasteiger partial charge in [-0.3, -0.25) is 0 Å². The molecule has 4 aliphatic rings. The monoisotopic (exact) mass is 194 g/mol. The highest BCUT2D eigenvalue weighted by Gasteiger charge is 2.56. The highest BCUT2D eigenvalue weighted by atomic mass is 16.3. The van der Waals surface area contributed by atoms with Gasteiger partial charge in [-0.05, 0) is 55.8 Å². The van der Waals surface area contributed by atoms with Crippen LogP contribution in [0.5, 0.6) is 0 Å². The van der Waals surface area contributed by atoms with E-state index in [-0.39, 0.29) is 5.41 Å². The van der Waals surface area contributed by atoms with Crippen molar-refractivity contribution in [3.05, 3.63) is 0 Å². The Morgan fingerprint density at radius 1 is 1.21 bits per heavy atom. The number of aliphatic hydroxyl groups is 1. The number of hydrogen-bond acceptors (Lipinski definition) is 2. The molecule has 2 unspecified atom stereocenters. The summed E-state index contributed by atoms with van der Waals surface area (Å²) in [6, 6.07) is 0. The maximum atomic E-state index is 10.7. The van der Waals surface area contributed by atoms with E-state index in [2.05, 4.69) is 0 Å². The Morgan fingerprint density at radius 2 is 1.86 bits per heavy atom. The molecule has 4 rings (SSSR count). The van der Waals surface area contributed by atoms with Crippen LogP contribution in [0.3, 0.4) is 0 Å². The van der Waals surface area contributed by atoms with Gasteiger partial charge in [0, 0.05) is 6.42 Å². The zero-order chi connectivity index (χ0) is 9.81. The maximum Gasteiger partial charge on any atom is 0.120 e. The third-order valence-corrected chi connectivity index (χ3v) is 4.67. The SMILES string of the molecule is O=CCC12CC3CC(CC(O)(C3)C1)C2. The van der Waals surface area contributed by atoms with Crippen LogP contribution in [0.15, 0.2) is 0 Å². The molecule has 0 radical (unpaired) electrons. The first-order valence-electron chi connectivity index (χ1n) is 5.79. The van der Waals surface area contributed by atoms with Gasteiger partial charge in [0.2, 0.25) is 0 Å². The Hall–Kier alpha value is -0.370. The van der Waals surface area contributed by atoms with Crippen molar-refractivity contribution in [2.45, 2.75) is 50.5 Å². The highest BCUT2D eigenvalue weighted by Crippen LogP contribution is 2.62. The lowest BCUT2D eigenvalue weighted by atomic mass is 9.47. The van der Waals surface area contributed by atoms with Crippen molar-refractivity contribution in [3.63, 3.8) is 0 Å². The summed E-state index contributed by atoms with van der Waals surface area (Å²) in [6.07, 6.45) is 8.36. The fraction of sp³-hybridized carbons (Fsp3) is 0.917. The van der Waals surface area contributed by atoms with Gasteiger partial charge in [0.1, 0.15) is 6.29 Å². The average Bonchev–Trinajstić information content (AvgIpc) is 1.97. The largest absolute Gasteiger partial charge is 0.390 e. The van der Waals surface area contributed by atoms with Crippen molar-refractivity contribution in [1.82, 2.24) is 0 Å². The minimum atomic E-state index is -0.396. The van der Waals surface area contributed by atoms with E-state index in [1.54, 1.807) is 0 Å². The van der Waals surface area contributed by atoms with E-state index in [9.17, 15) is 9.90 Å². The fourth-order valence-corrected chi connectivity index (χ4v) is 4.82. The molecule has 4 aliphatic carbocycles. The second-order valence-electron chi connectivity index (χ2n) is 6.06. The highest BCUT2D eigenvalue weighted by molar-refractivity contribution is 5.51. The standard InChI is InChI=1S/C12H18O2/c13-2-1-11-4-9-3-10(5-11)7-12(14,6-9)8-11/h2,9-10,14H,1,3-8H2. The Labute approximate surface area is 84.7 Å². The fourth-order valence-electron chi connectivity index (χ4n) is 4.82. The lowest BCUT2D eigenvalue weighted by Crippen LogP contribution is -2.55. The quantitative estimate of drug-likeness (QED) is 0.682. The number of hydrogen-bond donors (Lipinski definition) is 1. The summed E-state index contributed by atoms with van der Waals surface area (Å²) in [5.41, 5.74) is -0.201. The van der Waals surface area contributed by atoms with Crippen LogP contribution in [0, 0.1) is 17.3 Å². The van der Waals surface area contributed by atoms with Gasteiger partial charge in [0.05, 0.1) is 5.60 Å².